The van der Waals surface area contributed by atoms with Crippen molar-refractivity contribution in [3.05, 3.63) is 41.8 Å². The van der Waals surface area contributed by atoms with Crippen molar-refractivity contribution in [3.63, 3.8) is 0 Å². The van der Waals surface area contributed by atoms with Gasteiger partial charge in [-0.3, -0.25) is 4.79 Å². The lowest BCUT2D eigenvalue weighted by molar-refractivity contribution is -0.893. The Morgan fingerprint density at radius 3 is 2.65 bits per heavy atom. The molecule has 1 aromatic carbocycles. The molecule has 6 nitrogen and oxygen atoms in total. The lowest BCUT2D eigenvalue weighted by Crippen LogP contribution is -3.11. The minimum Gasteiger partial charge on any atom is -0.414 e. The molecule has 0 spiro atoms. The van der Waals surface area contributed by atoms with Gasteiger partial charge in [0.15, 0.2) is 0 Å². The number of carbonyl (C=O) groups excluding carboxylic acids is 1. The Morgan fingerprint density at radius 2 is 1.96 bits per heavy atom. The Labute approximate surface area is 140 Å². The summed E-state index contributed by atoms with van der Waals surface area (Å²) >= 11 is 1.56. The van der Waals surface area contributed by atoms with Crippen LogP contribution in [0.4, 0.5) is 0 Å². The van der Waals surface area contributed by atoms with Crippen molar-refractivity contribution in [1.29, 1.82) is 0 Å². The van der Waals surface area contributed by atoms with E-state index in [1.807, 2.05) is 18.2 Å². The second-order valence-electron chi connectivity index (χ2n) is 5.07. The number of thioether (sulfide) groups is 1. The fourth-order valence-electron chi connectivity index (χ4n) is 2.10. The van der Waals surface area contributed by atoms with Gasteiger partial charge in [0.05, 0.1) is 31.9 Å². The predicted octanol–water partition coefficient (Wildman–Crippen LogP) is 1.02. The van der Waals surface area contributed by atoms with Gasteiger partial charge in [0, 0.05) is 5.56 Å². The SMILES string of the molecule is CC[NH+](CC)CCSc1nnc(CNC(=O)c2ccccc2)o1. The summed E-state index contributed by atoms with van der Waals surface area (Å²) in [5.41, 5.74) is 0.615. The number of hydrogen-bond acceptors (Lipinski definition) is 5. The van der Waals surface area contributed by atoms with E-state index >= 15 is 0 Å². The van der Waals surface area contributed by atoms with E-state index in [9.17, 15) is 4.79 Å². The summed E-state index contributed by atoms with van der Waals surface area (Å²) in [4.78, 5) is 13.5. The van der Waals surface area contributed by atoms with Crippen LogP contribution in [0, 0.1) is 0 Å². The van der Waals surface area contributed by atoms with Gasteiger partial charge in [0.25, 0.3) is 11.1 Å². The van der Waals surface area contributed by atoms with Crippen molar-refractivity contribution >= 4 is 17.7 Å². The summed E-state index contributed by atoms with van der Waals surface area (Å²) in [6.45, 7) is 7.92. The van der Waals surface area contributed by atoms with Gasteiger partial charge in [-0.2, -0.15) is 0 Å². The smallest absolute Gasteiger partial charge is 0.276 e. The van der Waals surface area contributed by atoms with Crippen LogP contribution < -0.4 is 10.2 Å². The van der Waals surface area contributed by atoms with E-state index < -0.39 is 0 Å². The Balaban J connectivity index is 1.75. The van der Waals surface area contributed by atoms with Crippen molar-refractivity contribution < 1.29 is 14.1 Å². The molecular weight excluding hydrogens is 312 g/mol. The molecule has 0 aliphatic rings. The highest BCUT2D eigenvalue weighted by atomic mass is 32.2. The predicted molar refractivity (Wildman–Crippen MR) is 89.5 cm³/mol. The van der Waals surface area contributed by atoms with Crippen molar-refractivity contribution in [3.8, 4) is 0 Å². The topological polar surface area (TPSA) is 72.5 Å². The van der Waals surface area contributed by atoms with Crippen molar-refractivity contribution in [2.24, 2.45) is 0 Å². The fraction of sp³-hybridized carbons (Fsp3) is 0.438. The molecule has 1 aromatic heterocycles. The zero-order valence-electron chi connectivity index (χ0n) is 13.5. The van der Waals surface area contributed by atoms with Crippen LogP contribution in [-0.2, 0) is 6.54 Å². The molecule has 1 amide bonds. The largest absolute Gasteiger partial charge is 0.414 e. The third-order valence-corrected chi connectivity index (χ3v) is 4.39. The molecule has 7 heteroatoms. The first-order chi connectivity index (χ1) is 11.2. The number of rotatable bonds is 9. The van der Waals surface area contributed by atoms with Crippen LogP contribution in [0.2, 0.25) is 0 Å². The van der Waals surface area contributed by atoms with E-state index in [2.05, 4.69) is 29.4 Å². The molecule has 0 saturated heterocycles. The second-order valence-corrected chi connectivity index (χ2v) is 6.11. The molecule has 124 valence electrons. The van der Waals surface area contributed by atoms with Crippen molar-refractivity contribution in [2.75, 3.05) is 25.4 Å². The van der Waals surface area contributed by atoms with Gasteiger partial charge >= 0.3 is 0 Å². The van der Waals surface area contributed by atoms with Gasteiger partial charge in [-0.05, 0) is 26.0 Å². The Morgan fingerprint density at radius 1 is 1.22 bits per heavy atom. The Hall–Kier alpha value is -1.86. The van der Waals surface area contributed by atoms with E-state index in [-0.39, 0.29) is 12.5 Å². The highest BCUT2D eigenvalue weighted by Gasteiger charge is 2.10. The van der Waals surface area contributed by atoms with Crippen LogP contribution in [-0.4, -0.2) is 41.5 Å². The van der Waals surface area contributed by atoms with E-state index in [4.69, 9.17) is 4.42 Å². The van der Waals surface area contributed by atoms with Crippen LogP contribution in [0.3, 0.4) is 0 Å². The number of nitrogens with one attached hydrogen (secondary N) is 2. The monoisotopic (exact) mass is 335 g/mol. The number of benzene rings is 1. The summed E-state index contributed by atoms with van der Waals surface area (Å²) < 4.78 is 5.54. The number of hydrogen-bond donors (Lipinski definition) is 2. The van der Waals surface area contributed by atoms with Gasteiger partial charge in [0.2, 0.25) is 5.89 Å². The maximum absolute atomic E-state index is 11.9. The fourth-order valence-corrected chi connectivity index (χ4v) is 2.92. The summed E-state index contributed by atoms with van der Waals surface area (Å²) in [5, 5.41) is 11.3. The molecule has 23 heavy (non-hydrogen) atoms. The van der Waals surface area contributed by atoms with Crippen LogP contribution in [0.1, 0.15) is 30.1 Å². The van der Waals surface area contributed by atoms with Gasteiger partial charge < -0.3 is 14.6 Å². The van der Waals surface area contributed by atoms with E-state index in [1.165, 1.54) is 0 Å². The molecule has 0 aliphatic heterocycles. The molecule has 0 radical (unpaired) electrons. The van der Waals surface area contributed by atoms with Gasteiger partial charge in [-0.25, -0.2) is 0 Å². The van der Waals surface area contributed by atoms with Crippen LogP contribution in [0.15, 0.2) is 40.0 Å². The van der Waals surface area contributed by atoms with Crippen molar-refractivity contribution in [1.82, 2.24) is 15.5 Å². The average Bonchev–Trinajstić information content (AvgIpc) is 3.05. The first kappa shape index (κ1) is 17.5. The Bertz CT molecular complexity index is 599. The standard InChI is InChI=1S/C16H22N4O2S/c1-3-20(4-2)10-11-23-16-19-18-14(22-16)12-17-15(21)13-8-6-5-7-9-13/h5-9H,3-4,10-12H2,1-2H3,(H,17,21)/p+1. The lowest BCUT2D eigenvalue weighted by Gasteiger charge is -2.13. The molecular formula is C16H23N4O2S+. The molecule has 1 heterocycles. The quantitative estimate of drug-likeness (QED) is 0.669. The zero-order chi connectivity index (χ0) is 16.5. The van der Waals surface area contributed by atoms with Crippen LogP contribution in [0.25, 0.3) is 0 Å². The molecule has 0 fully saturated rings. The van der Waals surface area contributed by atoms with Gasteiger partial charge in [-0.15, -0.1) is 10.2 Å². The second kappa shape index (κ2) is 9.32. The minimum absolute atomic E-state index is 0.150. The summed E-state index contributed by atoms with van der Waals surface area (Å²) in [6.07, 6.45) is 0. The van der Waals surface area contributed by atoms with Gasteiger partial charge in [-0.1, -0.05) is 30.0 Å². The molecule has 0 saturated carbocycles. The lowest BCUT2D eigenvalue weighted by atomic mass is 10.2. The Kier molecular flexibility index (Phi) is 7.09. The summed E-state index contributed by atoms with van der Waals surface area (Å²) in [6, 6.07) is 9.06. The number of nitrogens with zero attached hydrogens (tertiary/aromatic N) is 2. The molecule has 2 N–H and O–H groups in total. The third-order valence-electron chi connectivity index (χ3n) is 3.57. The highest BCUT2D eigenvalue weighted by molar-refractivity contribution is 7.99. The molecule has 2 aromatic rings. The van der Waals surface area contributed by atoms with Gasteiger partial charge in [0.1, 0.15) is 0 Å². The number of carbonyl (C=O) groups is 1. The number of amides is 1. The average molecular weight is 335 g/mol. The van der Waals surface area contributed by atoms with E-state index in [0.29, 0.717) is 16.7 Å². The van der Waals surface area contributed by atoms with E-state index in [0.717, 1.165) is 25.4 Å². The zero-order valence-corrected chi connectivity index (χ0v) is 14.4. The maximum atomic E-state index is 11.9. The van der Waals surface area contributed by atoms with E-state index in [1.54, 1.807) is 28.8 Å². The third kappa shape index (κ3) is 5.69. The van der Waals surface area contributed by atoms with Crippen molar-refractivity contribution in [2.45, 2.75) is 25.6 Å². The molecule has 0 atom stereocenters. The first-order valence-corrected chi connectivity index (χ1v) is 8.83. The molecule has 2 rings (SSSR count). The first-order valence-electron chi connectivity index (χ1n) is 7.85. The highest BCUT2D eigenvalue weighted by Crippen LogP contribution is 2.14. The normalized spacial score (nSPS) is 10.9. The summed E-state index contributed by atoms with van der Waals surface area (Å²) in [5.74, 6) is 1.21. The number of aromatic nitrogens is 2. The van der Waals surface area contributed by atoms with Crippen LogP contribution >= 0.6 is 11.8 Å². The molecule has 0 bridgehead atoms. The molecule has 0 aliphatic carbocycles. The molecule has 0 unspecified atom stereocenters. The minimum atomic E-state index is -0.150. The van der Waals surface area contributed by atoms with Crippen LogP contribution in [0.5, 0.6) is 0 Å². The summed E-state index contributed by atoms with van der Waals surface area (Å²) in [7, 11) is 0. The number of quaternary nitrogens is 1. The maximum Gasteiger partial charge on any atom is 0.276 e.